The molecule has 0 heterocycles. The molecule has 1 atom stereocenters. The van der Waals surface area contributed by atoms with E-state index in [1.807, 2.05) is 18.2 Å². The molecule has 0 aliphatic carbocycles. The molecule has 0 radical (unpaired) electrons. The van der Waals surface area contributed by atoms with Crippen LogP contribution in [-0.2, 0) is 16.1 Å². The van der Waals surface area contributed by atoms with E-state index in [2.05, 4.69) is 0 Å². The second kappa shape index (κ2) is 7.99. The van der Waals surface area contributed by atoms with Gasteiger partial charge in [0.15, 0.2) is 0 Å². The zero-order valence-electron chi connectivity index (χ0n) is 10.5. The molecule has 0 bridgehead atoms. The number of primary amides is 1. The lowest BCUT2D eigenvalue weighted by atomic mass is 10.1. The van der Waals surface area contributed by atoms with Crippen LogP contribution in [0.1, 0.15) is 12.0 Å². The zero-order chi connectivity index (χ0) is 13.7. The maximum Gasteiger partial charge on any atom is 0.240 e. The lowest BCUT2D eigenvalue weighted by Crippen LogP contribution is -2.43. The van der Waals surface area contributed by atoms with Gasteiger partial charge in [-0.25, -0.2) is 0 Å². The predicted molar refractivity (Wildman–Crippen MR) is 77.0 cm³/mol. The highest BCUT2D eigenvalue weighted by atomic mass is 35.5. The molecule has 0 aliphatic heterocycles. The van der Waals surface area contributed by atoms with Crippen LogP contribution in [0.15, 0.2) is 24.3 Å². The molecule has 1 rings (SSSR count). The molecule has 7 heteroatoms. The van der Waals surface area contributed by atoms with Crippen molar-refractivity contribution in [1.82, 2.24) is 4.90 Å². The van der Waals surface area contributed by atoms with Crippen LogP contribution in [0.25, 0.3) is 0 Å². The Hall–Kier alpha value is -1.30. The van der Waals surface area contributed by atoms with Gasteiger partial charge in [0.2, 0.25) is 11.8 Å². The maximum absolute atomic E-state index is 11.8. The lowest BCUT2D eigenvalue weighted by molar-refractivity contribution is -0.133. The molecule has 0 spiro atoms. The number of carbonyl (C=O) groups excluding carboxylic acids is 2. The summed E-state index contributed by atoms with van der Waals surface area (Å²) in [5.41, 5.74) is 11.4. The van der Waals surface area contributed by atoms with Crippen molar-refractivity contribution in [1.29, 1.82) is 0 Å². The van der Waals surface area contributed by atoms with Crippen LogP contribution >= 0.6 is 24.0 Å². The highest BCUT2D eigenvalue weighted by molar-refractivity contribution is 6.31. The molecule has 1 aromatic rings. The van der Waals surface area contributed by atoms with Crippen molar-refractivity contribution < 1.29 is 9.59 Å². The van der Waals surface area contributed by atoms with Crippen LogP contribution in [0, 0.1) is 0 Å². The van der Waals surface area contributed by atoms with E-state index in [-0.39, 0.29) is 24.7 Å². The summed E-state index contributed by atoms with van der Waals surface area (Å²) in [6.45, 7) is 0.338. The third-order valence-corrected chi connectivity index (χ3v) is 2.85. The molecule has 1 aromatic carbocycles. The third-order valence-electron chi connectivity index (χ3n) is 2.48. The standard InChI is InChI=1S/C12H16ClN3O2.ClH/c1-16(12(18)10(14)6-11(15)17)7-8-4-2-3-5-9(8)13;/h2-5,10H,6-7,14H2,1H3,(H2,15,17);1H. The first-order valence-corrected chi connectivity index (χ1v) is 5.82. The minimum absolute atomic E-state index is 0. The summed E-state index contributed by atoms with van der Waals surface area (Å²) >= 11 is 5.99. The molecule has 106 valence electrons. The van der Waals surface area contributed by atoms with Gasteiger partial charge in [0.1, 0.15) is 0 Å². The Labute approximate surface area is 123 Å². The van der Waals surface area contributed by atoms with Gasteiger partial charge >= 0.3 is 0 Å². The van der Waals surface area contributed by atoms with E-state index in [0.717, 1.165) is 5.56 Å². The molecule has 0 aliphatic rings. The summed E-state index contributed by atoms with van der Waals surface area (Å²) in [7, 11) is 1.60. The van der Waals surface area contributed by atoms with Crippen molar-refractivity contribution in [2.24, 2.45) is 11.5 Å². The fraction of sp³-hybridized carbons (Fsp3) is 0.333. The minimum atomic E-state index is -0.907. The van der Waals surface area contributed by atoms with Crippen LogP contribution in [0.2, 0.25) is 5.02 Å². The van der Waals surface area contributed by atoms with E-state index in [9.17, 15) is 9.59 Å². The molecular weight excluding hydrogens is 289 g/mol. The average molecular weight is 306 g/mol. The molecular formula is C12H17Cl2N3O2. The number of halogens is 2. The fourth-order valence-corrected chi connectivity index (χ4v) is 1.74. The van der Waals surface area contributed by atoms with Gasteiger partial charge in [-0.1, -0.05) is 29.8 Å². The van der Waals surface area contributed by atoms with E-state index in [4.69, 9.17) is 23.1 Å². The van der Waals surface area contributed by atoms with Crippen LogP contribution < -0.4 is 11.5 Å². The van der Waals surface area contributed by atoms with Crippen LogP contribution in [0.3, 0.4) is 0 Å². The predicted octanol–water partition coefficient (Wildman–Crippen LogP) is 0.923. The van der Waals surface area contributed by atoms with Gasteiger partial charge in [-0.05, 0) is 11.6 Å². The summed E-state index contributed by atoms with van der Waals surface area (Å²) in [6, 6.07) is 6.31. The Bertz CT molecular complexity index is 454. The second-order valence-electron chi connectivity index (χ2n) is 4.06. The van der Waals surface area contributed by atoms with Crippen molar-refractivity contribution in [2.75, 3.05) is 7.05 Å². The van der Waals surface area contributed by atoms with E-state index in [1.165, 1.54) is 4.90 Å². The van der Waals surface area contributed by atoms with Gasteiger partial charge in [-0.3, -0.25) is 9.59 Å². The van der Waals surface area contributed by atoms with E-state index in [1.54, 1.807) is 13.1 Å². The lowest BCUT2D eigenvalue weighted by Gasteiger charge is -2.21. The SMILES string of the molecule is CN(Cc1ccccc1Cl)C(=O)C(N)CC(N)=O.Cl. The average Bonchev–Trinajstić information content (AvgIpc) is 2.30. The van der Waals surface area contributed by atoms with Crippen molar-refractivity contribution in [3.63, 3.8) is 0 Å². The number of nitrogens with zero attached hydrogens (tertiary/aromatic N) is 1. The van der Waals surface area contributed by atoms with E-state index >= 15 is 0 Å². The molecule has 4 N–H and O–H groups in total. The summed E-state index contributed by atoms with van der Waals surface area (Å²) in [5, 5.41) is 0.584. The minimum Gasteiger partial charge on any atom is -0.370 e. The van der Waals surface area contributed by atoms with Gasteiger partial charge in [-0.15, -0.1) is 12.4 Å². The number of hydrogen-bond acceptors (Lipinski definition) is 3. The largest absolute Gasteiger partial charge is 0.370 e. The van der Waals surface area contributed by atoms with Crippen LogP contribution in [-0.4, -0.2) is 29.8 Å². The zero-order valence-corrected chi connectivity index (χ0v) is 12.1. The molecule has 1 unspecified atom stereocenters. The highest BCUT2D eigenvalue weighted by Gasteiger charge is 2.20. The Kier molecular flexibility index (Phi) is 7.44. The molecule has 0 saturated heterocycles. The fourth-order valence-electron chi connectivity index (χ4n) is 1.55. The number of benzene rings is 1. The van der Waals surface area contributed by atoms with Crippen LogP contribution in [0.4, 0.5) is 0 Å². The van der Waals surface area contributed by atoms with Gasteiger partial charge in [0.05, 0.1) is 12.5 Å². The first-order chi connectivity index (χ1) is 8.41. The van der Waals surface area contributed by atoms with Crippen molar-refractivity contribution >= 4 is 35.8 Å². The number of amides is 2. The summed E-state index contributed by atoms with van der Waals surface area (Å²) in [4.78, 5) is 24.0. The maximum atomic E-state index is 11.8. The molecule has 2 amide bonds. The Morgan fingerprint density at radius 3 is 2.47 bits per heavy atom. The van der Waals surface area contributed by atoms with Crippen molar-refractivity contribution in [3.8, 4) is 0 Å². The number of hydrogen-bond donors (Lipinski definition) is 2. The number of likely N-dealkylation sites (N-methyl/N-ethyl adjacent to an activating group) is 1. The van der Waals surface area contributed by atoms with E-state index < -0.39 is 11.9 Å². The Balaban J connectivity index is 0.00000324. The molecule has 0 fully saturated rings. The first kappa shape index (κ1) is 17.7. The number of nitrogens with two attached hydrogens (primary N) is 2. The normalized spacial score (nSPS) is 11.3. The summed E-state index contributed by atoms with van der Waals surface area (Å²) in [5.74, 6) is -0.935. The van der Waals surface area contributed by atoms with Gasteiger partial charge in [0, 0.05) is 18.6 Å². The number of carbonyl (C=O) groups is 2. The van der Waals surface area contributed by atoms with Crippen LogP contribution in [0.5, 0.6) is 0 Å². The molecule has 0 aromatic heterocycles. The summed E-state index contributed by atoms with van der Waals surface area (Å²) in [6.07, 6.45) is -0.161. The highest BCUT2D eigenvalue weighted by Crippen LogP contribution is 2.16. The third kappa shape index (κ3) is 5.46. The smallest absolute Gasteiger partial charge is 0.240 e. The number of rotatable bonds is 5. The van der Waals surface area contributed by atoms with Gasteiger partial charge < -0.3 is 16.4 Å². The molecule has 5 nitrogen and oxygen atoms in total. The Morgan fingerprint density at radius 2 is 1.95 bits per heavy atom. The first-order valence-electron chi connectivity index (χ1n) is 5.44. The van der Waals surface area contributed by atoms with Gasteiger partial charge in [-0.2, -0.15) is 0 Å². The van der Waals surface area contributed by atoms with E-state index in [0.29, 0.717) is 11.6 Å². The monoisotopic (exact) mass is 305 g/mol. The van der Waals surface area contributed by atoms with Gasteiger partial charge in [0.25, 0.3) is 0 Å². The summed E-state index contributed by atoms with van der Waals surface area (Å²) < 4.78 is 0. The topological polar surface area (TPSA) is 89.4 Å². The van der Waals surface area contributed by atoms with Crippen molar-refractivity contribution in [2.45, 2.75) is 19.0 Å². The Morgan fingerprint density at radius 1 is 1.37 bits per heavy atom. The molecule has 0 saturated carbocycles. The van der Waals surface area contributed by atoms with Crippen molar-refractivity contribution in [3.05, 3.63) is 34.9 Å². The second-order valence-corrected chi connectivity index (χ2v) is 4.47. The quantitative estimate of drug-likeness (QED) is 0.848. The molecule has 19 heavy (non-hydrogen) atoms.